The Morgan fingerprint density at radius 2 is 2.30 bits per heavy atom. The predicted octanol–water partition coefficient (Wildman–Crippen LogP) is 2.35. The standard InChI is InChI=1S/C17H24N4O2/c1-12-5-6-20-10-14(19-15(20)7-12)8-18-16(22)21-9-13(2)23-17(3,4)11-21/h5-7,10,13H,8-9,11H2,1-4H3,(H,18,22). The van der Waals surface area contributed by atoms with Crippen molar-refractivity contribution in [3.8, 4) is 0 Å². The summed E-state index contributed by atoms with van der Waals surface area (Å²) in [6, 6.07) is 3.99. The van der Waals surface area contributed by atoms with Gasteiger partial charge in [-0.05, 0) is 45.4 Å². The Morgan fingerprint density at radius 1 is 1.52 bits per heavy atom. The normalized spacial score (nSPS) is 20.7. The van der Waals surface area contributed by atoms with Crippen LogP contribution in [0.5, 0.6) is 0 Å². The number of nitrogens with one attached hydrogen (secondary N) is 1. The third kappa shape index (κ3) is 3.64. The fraction of sp³-hybridized carbons (Fsp3) is 0.529. The molecule has 1 saturated heterocycles. The van der Waals surface area contributed by atoms with Crippen LogP contribution in [0.2, 0.25) is 0 Å². The zero-order valence-corrected chi connectivity index (χ0v) is 14.2. The minimum absolute atomic E-state index is 0.0441. The molecule has 0 radical (unpaired) electrons. The number of hydrogen-bond donors (Lipinski definition) is 1. The maximum absolute atomic E-state index is 12.4. The van der Waals surface area contributed by atoms with Crippen LogP contribution in [0.15, 0.2) is 24.5 Å². The molecule has 2 aromatic rings. The van der Waals surface area contributed by atoms with Gasteiger partial charge in [-0.15, -0.1) is 0 Å². The summed E-state index contributed by atoms with van der Waals surface area (Å²) in [5.41, 5.74) is 2.61. The Morgan fingerprint density at radius 3 is 3.04 bits per heavy atom. The van der Waals surface area contributed by atoms with Crippen molar-refractivity contribution in [3.63, 3.8) is 0 Å². The second-order valence-electron chi connectivity index (χ2n) is 6.93. The third-order valence-corrected chi connectivity index (χ3v) is 3.94. The number of ether oxygens (including phenoxy) is 1. The van der Waals surface area contributed by atoms with Crippen LogP contribution in [0.1, 0.15) is 32.0 Å². The van der Waals surface area contributed by atoms with Crippen molar-refractivity contribution >= 4 is 11.7 Å². The SMILES string of the molecule is Cc1ccn2cc(CNC(=O)N3CC(C)OC(C)(C)C3)nc2c1. The van der Waals surface area contributed by atoms with Gasteiger partial charge in [0.15, 0.2) is 0 Å². The summed E-state index contributed by atoms with van der Waals surface area (Å²) in [4.78, 5) is 18.8. The number of amides is 2. The van der Waals surface area contributed by atoms with E-state index >= 15 is 0 Å². The van der Waals surface area contributed by atoms with Crippen LogP contribution in [0.4, 0.5) is 4.79 Å². The van der Waals surface area contributed by atoms with Crippen molar-refractivity contribution in [2.24, 2.45) is 0 Å². The smallest absolute Gasteiger partial charge is 0.317 e. The van der Waals surface area contributed by atoms with Crippen molar-refractivity contribution in [3.05, 3.63) is 35.8 Å². The molecular weight excluding hydrogens is 292 g/mol. The number of imidazole rings is 1. The minimum atomic E-state index is -0.310. The first kappa shape index (κ1) is 15.8. The van der Waals surface area contributed by atoms with Gasteiger partial charge in [-0.3, -0.25) is 0 Å². The Kier molecular flexibility index (Phi) is 4.02. The molecule has 0 aliphatic carbocycles. The monoisotopic (exact) mass is 316 g/mol. The number of fused-ring (bicyclic) bond motifs is 1. The van der Waals surface area contributed by atoms with Crippen molar-refractivity contribution < 1.29 is 9.53 Å². The molecule has 1 fully saturated rings. The Labute approximate surface area is 136 Å². The van der Waals surface area contributed by atoms with Gasteiger partial charge >= 0.3 is 6.03 Å². The third-order valence-electron chi connectivity index (χ3n) is 3.94. The van der Waals surface area contributed by atoms with Crippen LogP contribution < -0.4 is 5.32 Å². The predicted molar refractivity (Wildman–Crippen MR) is 88.4 cm³/mol. The highest BCUT2D eigenvalue weighted by Crippen LogP contribution is 2.20. The Bertz CT molecular complexity index is 722. The topological polar surface area (TPSA) is 58.9 Å². The number of carbonyl (C=O) groups is 1. The van der Waals surface area contributed by atoms with Gasteiger partial charge in [0.1, 0.15) is 5.65 Å². The molecule has 1 aliphatic heterocycles. The maximum Gasteiger partial charge on any atom is 0.317 e. The van der Waals surface area contributed by atoms with Gasteiger partial charge in [0.25, 0.3) is 0 Å². The number of aromatic nitrogens is 2. The number of rotatable bonds is 2. The average Bonchev–Trinajstić information content (AvgIpc) is 2.84. The van der Waals surface area contributed by atoms with Gasteiger partial charge in [0.05, 0.1) is 30.5 Å². The average molecular weight is 316 g/mol. The highest BCUT2D eigenvalue weighted by molar-refractivity contribution is 5.74. The van der Waals surface area contributed by atoms with E-state index in [1.165, 1.54) is 5.56 Å². The molecule has 23 heavy (non-hydrogen) atoms. The van der Waals surface area contributed by atoms with Crippen molar-refractivity contribution in [1.29, 1.82) is 0 Å². The van der Waals surface area contributed by atoms with Gasteiger partial charge in [-0.25, -0.2) is 9.78 Å². The first-order chi connectivity index (χ1) is 10.8. The van der Waals surface area contributed by atoms with E-state index in [2.05, 4.69) is 10.3 Å². The summed E-state index contributed by atoms with van der Waals surface area (Å²) in [6.07, 6.45) is 3.97. The van der Waals surface area contributed by atoms with Crippen molar-refractivity contribution in [2.45, 2.75) is 45.9 Å². The van der Waals surface area contributed by atoms with Gasteiger partial charge in [0.2, 0.25) is 0 Å². The summed E-state index contributed by atoms with van der Waals surface area (Å²) < 4.78 is 7.80. The molecule has 2 aromatic heterocycles. The van der Waals surface area contributed by atoms with Crippen LogP contribution >= 0.6 is 0 Å². The van der Waals surface area contributed by atoms with E-state index in [9.17, 15) is 4.79 Å². The molecular formula is C17H24N4O2. The number of nitrogens with zero attached hydrogens (tertiary/aromatic N) is 3. The zero-order valence-electron chi connectivity index (χ0n) is 14.2. The van der Waals surface area contributed by atoms with Crippen LogP contribution in [0, 0.1) is 6.92 Å². The van der Waals surface area contributed by atoms with Crippen LogP contribution in [-0.2, 0) is 11.3 Å². The molecule has 6 nitrogen and oxygen atoms in total. The largest absolute Gasteiger partial charge is 0.369 e. The molecule has 1 unspecified atom stereocenters. The highest BCUT2D eigenvalue weighted by atomic mass is 16.5. The summed E-state index contributed by atoms with van der Waals surface area (Å²) >= 11 is 0. The lowest BCUT2D eigenvalue weighted by Crippen LogP contribution is -2.56. The molecule has 0 saturated carbocycles. The fourth-order valence-corrected chi connectivity index (χ4v) is 3.11. The molecule has 3 heterocycles. The van der Waals surface area contributed by atoms with Crippen LogP contribution in [-0.4, -0.2) is 45.1 Å². The van der Waals surface area contributed by atoms with Gasteiger partial charge in [0, 0.05) is 18.9 Å². The Hall–Kier alpha value is -2.08. The molecule has 1 aliphatic rings. The molecule has 0 aromatic carbocycles. The van der Waals surface area contributed by atoms with Crippen LogP contribution in [0.3, 0.4) is 0 Å². The van der Waals surface area contributed by atoms with E-state index in [0.717, 1.165) is 11.3 Å². The van der Waals surface area contributed by atoms with Gasteiger partial charge < -0.3 is 19.4 Å². The van der Waals surface area contributed by atoms with E-state index in [1.807, 2.05) is 61.5 Å². The number of hydrogen-bond acceptors (Lipinski definition) is 3. The van der Waals surface area contributed by atoms with Crippen molar-refractivity contribution in [1.82, 2.24) is 19.6 Å². The summed E-state index contributed by atoms with van der Waals surface area (Å²) in [5.74, 6) is 0. The molecule has 0 bridgehead atoms. The molecule has 124 valence electrons. The second kappa shape index (κ2) is 5.85. The van der Waals surface area contributed by atoms with E-state index in [-0.39, 0.29) is 17.7 Å². The van der Waals surface area contributed by atoms with E-state index in [1.54, 1.807) is 0 Å². The molecule has 1 atom stereocenters. The van der Waals surface area contributed by atoms with E-state index in [4.69, 9.17) is 4.74 Å². The molecule has 2 amide bonds. The number of pyridine rings is 1. The Balaban J connectivity index is 1.63. The lowest BCUT2D eigenvalue weighted by Gasteiger charge is -2.41. The number of urea groups is 1. The zero-order chi connectivity index (χ0) is 16.6. The molecule has 6 heteroatoms. The maximum atomic E-state index is 12.4. The lowest BCUT2D eigenvalue weighted by atomic mass is 10.1. The summed E-state index contributed by atoms with van der Waals surface area (Å²) in [7, 11) is 0. The number of aryl methyl sites for hydroxylation is 1. The summed E-state index contributed by atoms with van der Waals surface area (Å²) in [5, 5.41) is 2.96. The van der Waals surface area contributed by atoms with E-state index in [0.29, 0.717) is 19.6 Å². The van der Waals surface area contributed by atoms with E-state index < -0.39 is 0 Å². The first-order valence-electron chi connectivity index (χ1n) is 7.97. The van der Waals surface area contributed by atoms with Gasteiger partial charge in [-0.1, -0.05) is 0 Å². The van der Waals surface area contributed by atoms with Crippen LogP contribution in [0.25, 0.3) is 5.65 Å². The summed E-state index contributed by atoms with van der Waals surface area (Å²) in [6.45, 7) is 9.67. The number of morpholine rings is 1. The molecule has 1 N–H and O–H groups in total. The lowest BCUT2D eigenvalue weighted by molar-refractivity contribution is -0.117. The fourth-order valence-electron chi connectivity index (χ4n) is 3.11. The number of carbonyl (C=O) groups excluding carboxylic acids is 1. The van der Waals surface area contributed by atoms with Crippen molar-refractivity contribution in [2.75, 3.05) is 13.1 Å². The molecule has 3 rings (SSSR count). The highest BCUT2D eigenvalue weighted by Gasteiger charge is 2.33. The quantitative estimate of drug-likeness (QED) is 0.925. The first-order valence-corrected chi connectivity index (χ1v) is 7.97. The molecule has 0 spiro atoms. The minimum Gasteiger partial charge on any atom is -0.369 e. The second-order valence-corrected chi connectivity index (χ2v) is 6.93. The van der Waals surface area contributed by atoms with Gasteiger partial charge in [-0.2, -0.15) is 0 Å².